The first-order valence-electron chi connectivity index (χ1n) is 6.70. The van der Waals surface area contributed by atoms with Crippen LogP contribution in [-0.2, 0) is 10.0 Å². The number of rotatable bonds is 5. The van der Waals surface area contributed by atoms with Gasteiger partial charge in [-0.2, -0.15) is 11.8 Å². The second-order valence-electron chi connectivity index (χ2n) is 5.03. The van der Waals surface area contributed by atoms with Crippen LogP contribution >= 0.6 is 11.8 Å². The lowest BCUT2D eigenvalue weighted by atomic mass is 10.2. The number of nitrogen functional groups attached to an aromatic ring is 1. The van der Waals surface area contributed by atoms with E-state index in [2.05, 4.69) is 12.2 Å². The van der Waals surface area contributed by atoms with Gasteiger partial charge in [0.1, 0.15) is 4.90 Å². The van der Waals surface area contributed by atoms with Crippen LogP contribution in [0.5, 0.6) is 0 Å². The Hall–Kier alpha value is -0.920. The summed E-state index contributed by atoms with van der Waals surface area (Å²) in [7, 11) is -3.77. The number of benzene rings is 1. The number of thioether (sulfide) groups is 1. The third-order valence-corrected chi connectivity index (χ3v) is 5.64. The van der Waals surface area contributed by atoms with E-state index in [1.807, 2.05) is 11.8 Å². The molecule has 0 amide bonds. The number of anilines is 2. The monoisotopic (exact) mass is 315 g/mol. The fraction of sp³-hybridized carbons (Fsp3) is 0.538. The van der Waals surface area contributed by atoms with Gasteiger partial charge in [0.2, 0.25) is 10.0 Å². The van der Waals surface area contributed by atoms with Crippen LogP contribution in [0.25, 0.3) is 0 Å². The highest BCUT2D eigenvalue weighted by Gasteiger charge is 2.26. The van der Waals surface area contributed by atoms with E-state index in [0.29, 0.717) is 22.7 Å². The highest BCUT2D eigenvalue weighted by atomic mass is 32.2. The Labute approximate surface area is 124 Å². The average Bonchev–Trinajstić information content (AvgIpc) is 2.78. The van der Waals surface area contributed by atoms with Gasteiger partial charge in [0.15, 0.2) is 0 Å². The summed E-state index contributed by atoms with van der Waals surface area (Å²) >= 11 is 1.96. The molecule has 0 aromatic heterocycles. The zero-order valence-corrected chi connectivity index (χ0v) is 13.1. The quantitative estimate of drug-likeness (QED) is 0.722. The molecule has 20 heavy (non-hydrogen) atoms. The molecule has 1 saturated carbocycles. The van der Waals surface area contributed by atoms with E-state index in [0.717, 1.165) is 25.0 Å². The maximum absolute atomic E-state index is 11.6. The molecule has 0 spiro atoms. The molecule has 5 N–H and O–H groups in total. The van der Waals surface area contributed by atoms with Gasteiger partial charge in [-0.15, -0.1) is 0 Å². The summed E-state index contributed by atoms with van der Waals surface area (Å²) in [5, 5.41) is 9.21. The molecular formula is C13H21N3O2S2. The molecule has 112 valence electrons. The van der Waals surface area contributed by atoms with Crippen molar-refractivity contribution < 1.29 is 8.42 Å². The third kappa shape index (κ3) is 3.80. The summed E-state index contributed by atoms with van der Waals surface area (Å²) in [5.74, 6) is 1.11. The van der Waals surface area contributed by atoms with Crippen molar-refractivity contribution in [3.8, 4) is 0 Å². The number of primary sulfonamides is 1. The van der Waals surface area contributed by atoms with Gasteiger partial charge in [0.25, 0.3) is 0 Å². The van der Waals surface area contributed by atoms with Crippen LogP contribution in [0.2, 0.25) is 0 Å². The fourth-order valence-corrected chi connectivity index (χ4v) is 4.45. The molecule has 5 nitrogen and oxygen atoms in total. The lowest BCUT2D eigenvalue weighted by Crippen LogP contribution is -2.20. The molecule has 0 bridgehead atoms. The number of sulfonamides is 1. The van der Waals surface area contributed by atoms with Crippen LogP contribution in [0.15, 0.2) is 23.1 Å². The summed E-state index contributed by atoms with van der Waals surface area (Å²) in [6.07, 6.45) is 3.26. The Bertz CT molecular complexity index is 575. The lowest BCUT2D eigenvalue weighted by molar-refractivity contribution is 0.598. The van der Waals surface area contributed by atoms with Crippen LogP contribution < -0.4 is 16.2 Å². The standard InChI is InChI=1S/C13H21N3O2S2/c1-2-19-11-5-4-10(8-11)16-12-6-3-9(14)7-13(12)20(15,17)18/h3,6-7,10-11,16H,2,4-5,8,14H2,1H3,(H2,15,17,18). The van der Waals surface area contributed by atoms with Gasteiger partial charge in [-0.3, -0.25) is 0 Å². The van der Waals surface area contributed by atoms with Crippen LogP contribution in [0, 0.1) is 0 Å². The van der Waals surface area contributed by atoms with Crippen molar-refractivity contribution in [2.75, 3.05) is 16.8 Å². The Morgan fingerprint density at radius 1 is 1.40 bits per heavy atom. The van der Waals surface area contributed by atoms with Crippen LogP contribution in [0.4, 0.5) is 11.4 Å². The Morgan fingerprint density at radius 2 is 2.15 bits per heavy atom. The minimum atomic E-state index is -3.77. The van der Waals surface area contributed by atoms with Gasteiger partial charge in [0, 0.05) is 17.0 Å². The molecule has 2 atom stereocenters. The molecule has 1 aromatic carbocycles. The molecule has 0 heterocycles. The predicted octanol–water partition coefficient (Wildman–Crippen LogP) is 2.00. The van der Waals surface area contributed by atoms with Crippen LogP contribution in [0.1, 0.15) is 26.2 Å². The second-order valence-corrected chi connectivity index (χ2v) is 8.14. The maximum Gasteiger partial charge on any atom is 0.240 e. The summed E-state index contributed by atoms with van der Waals surface area (Å²) in [6, 6.07) is 5.08. The van der Waals surface area contributed by atoms with Gasteiger partial charge in [0.05, 0.1) is 5.69 Å². The SMILES string of the molecule is CCSC1CCC(Nc2ccc(N)cc2S(N)(=O)=O)C1. The average molecular weight is 315 g/mol. The smallest absolute Gasteiger partial charge is 0.240 e. The van der Waals surface area contributed by atoms with Crippen LogP contribution in [0.3, 0.4) is 0 Å². The number of nitrogens with two attached hydrogens (primary N) is 2. The first kappa shape index (κ1) is 15.5. The summed E-state index contributed by atoms with van der Waals surface area (Å²) in [4.78, 5) is 0.0732. The Kier molecular flexibility index (Phi) is 4.82. The first-order valence-corrected chi connectivity index (χ1v) is 9.30. The van der Waals surface area contributed by atoms with Gasteiger partial charge in [-0.1, -0.05) is 6.92 Å². The van der Waals surface area contributed by atoms with Crippen molar-refractivity contribution in [1.29, 1.82) is 0 Å². The number of hydrogen-bond donors (Lipinski definition) is 3. The van der Waals surface area contributed by atoms with E-state index in [1.165, 1.54) is 6.07 Å². The van der Waals surface area contributed by atoms with Crippen LogP contribution in [-0.4, -0.2) is 25.5 Å². The van der Waals surface area contributed by atoms with Gasteiger partial charge < -0.3 is 11.1 Å². The molecule has 1 fully saturated rings. The molecule has 0 aliphatic heterocycles. The lowest BCUT2D eigenvalue weighted by Gasteiger charge is -2.17. The molecule has 7 heteroatoms. The van der Waals surface area contributed by atoms with Crippen molar-refractivity contribution in [3.63, 3.8) is 0 Å². The van der Waals surface area contributed by atoms with Crippen molar-refractivity contribution >= 4 is 33.2 Å². The molecule has 0 radical (unpaired) electrons. The minimum Gasteiger partial charge on any atom is -0.399 e. The van der Waals surface area contributed by atoms with E-state index in [1.54, 1.807) is 12.1 Å². The Morgan fingerprint density at radius 3 is 2.80 bits per heavy atom. The Balaban J connectivity index is 2.14. The molecule has 2 unspecified atom stereocenters. The zero-order valence-electron chi connectivity index (χ0n) is 11.5. The predicted molar refractivity (Wildman–Crippen MR) is 85.4 cm³/mol. The fourth-order valence-electron chi connectivity index (χ4n) is 2.57. The van der Waals surface area contributed by atoms with Gasteiger partial charge >= 0.3 is 0 Å². The van der Waals surface area contributed by atoms with E-state index < -0.39 is 10.0 Å². The normalized spacial score (nSPS) is 22.9. The molecular weight excluding hydrogens is 294 g/mol. The molecule has 1 aliphatic carbocycles. The zero-order chi connectivity index (χ0) is 14.8. The van der Waals surface area contributed by atoms with Gasteiger partial charge in [-0.25, -0.2) is 13.6 Å². The van der Waals surface area contributed by atoms with Crippen molar-refractivity contribution in [3.05, 3.63) is 18.2 Å². The third-order valence-electron chi connectivity index (χ3n) is 3.46. The van der Waals surface area contributed by atoms with Crippen molar-refractivity contribution in [1.82, 2.24) is 0 Å². The maximum atomic E-state index is 11.6. The van der Waals surface area contributed by atoms with Gasteiger partial charge in [-0.05, 0) is 43.2 Å². The van der Waals surface area contributed by atoms with Crippen molar-refractivity contribution in [2.24, 2.45) is 5.14 Å². The van der Waals surface area contributed by atoms with E-state index in [-0.39, 0.29) is 4.90 Å². The molecule has 1 aromatic rings. The van der Waals surface area contributed by atoms with E-state index >= 15 is 0 Å². The number of nitrogens with one attached hydrogen (secondary N) is 1. The molecule has 1 aliphatic rings. The summed E-state index contributed by atoms with van der Waals surface area (Å²) in [6.45, 7) is 2.16. The van der Waals surface area contributed by atoms with E-state index in [9.17, 15) is 8.42 Å². The van der Waals surface area contributed by atoms with Crippen molar-refractivity contribution in [2.45, 2.75) is 42.4 Å². The van der Waals surface area contributed by atoms with E-state index in [4.69, 9.17) is 10.9 Å². The molecule has 2 rings (SSSR count). The summed E-state index contributed by atoms with van der Waals surface area (Å²) in [5.41, 5.74) is 6.59. The minimum absolute atomic E-state index is 0.0732. The largest absolute Gasteiger partial charge is 0.399 e. The first-order chi connectivity index (χ1) is 9.40. The second kappa shape index (κ2) is 6.24. The topological polar surface area (TPSA) is 98.2 Å². The summed E-state index contributed by atoms with van der Waals surface area (Å²) < 4.78 is 23.2. The number of hydrogen-bond acceptors (Lipinski definition) is 5. The highest BCUT2D eigenvalue weighted by Crippen LogP contribution is 2.33. The molecule has 0 saturated heterocycles. The highest BCUT2D eigenvalue weighted by molar-refractivity contribution is 7.99.